The zero-order valence-corrected chi connectivity index (χ0v) is 22.7. The van der Waals surface area contributed by atoms with Gasteiger partial charge in [-0.3, -0.25) is 0 Å². The highest BCUT2D eigenvalue weighted by atomic mass is 15.2. The maximum Gasteiger partial charge on any atom is 0.200 e. The molecule has 0 amide bonds. The van der Waals surface area contributed by atoms with E-state index in [0.717, 1.165) is 48.5 Å². The molecule has 0 radical (unpaired) electrons. The minimum absolute atomic E-state index is 0.00866. The Bertz CT molecular complexity index is 1370. The van der Waals surface area contributed by atoms with Gasteiger partial charge < -0.3 is 0 Å². The van der Waals surface area contributed by atoms with Crippen LogP contribution in [0.2, 0.25) is 0 Å². The second kappa shape index (κ2) is 6.17. The predicted molar refractivity (Wildman–Crippen MR) is 137 cm³/mol. The van der Waals surface area contributed by atoms with Crippen molar-refractivity contribution < 1.29 is 0 Å². The van der Waals surface area contributed by atoms with E-state index in [1.165, 1.54) is 0 Å². The van der Waals surface area contributed by atoms with E-state index in [1.807, 2.05) is 18.2 Å². The molecule has 4 unspecified atom stereocenters. The number of fused-ring (bicyclic) bond motifs is 10. The van der Waals surface area contributed by atoms with Crippen molar-refractivity contribution in [3.63, 3.8) is 0 Å². The van der Waals surface area contributed by atoms with Gasteiger partial charge in [0, 0.05) is 21.7 Å². The molecule has 2 fully saturated rings. The van der Waals surface area contributed by atoms with Crippen LogP contribution in [-0.4, -0.2) is 35.3 Å². The Hall–Kier alpha value is -2.83. The summed E-state index contributed by atoms with van der Waals surface area (Å²) in [5, 5.41) is 18.6. The summed E-state index contributed by atoms with van der Waals surface area (Å²) < 4.78 is 0. The first kappa shape index (κ1) is 22.4. The summed E-state index contributed by atoms with van der Waals surface area (Å²) in [4.78, 5) is 15.1. The Kier molecular flexibility index (Phi) is 3.84. The first-order valence-electron chi connectivity index (χ1n) is 13.3. The van der Waals surface area contributed by atoms with Crippen LogP contribution < -0.4 is 0 Å². The van der Waals surface area contributed by atoms with Gasteiger partial charge >= 0.3 is 0 Å². The Morgan fingerprint density at radius 2 is 0.833 bits per heavy atom. The average Bonchev–Trinajstić information content (AvgIpc) is 3.28. The molecule has 3 aromatic heterocycles. The van der Waals surface area contributed by atoms with Crippen molar-refractivity contribution in [2.45, 2.75) is 103 Å². The quantitative estimate of drug-likeness (QED) is 0.478. The molecule has 186 valence electrons. The maximum atomic E-state index is 5.09. The van der Waals surface area contributed by atoms with E-state index < -0.39 is 0 Å². The number of pyridine rings is 1. The molecular formula is C29H35N7. The van der Waals surface area contributed by atoms with Crippen LogP contribution in [0.5, 0.6) is 0 Å². The minimum Gasteiger partial charge on any atom is -0.241 e. The van der Waals surface area contributed by atoms with Gasteiger partial charge in [0.15, 0.2) is 0 Å². The van der Waals surface area contributed by atoms with Crippen LogP contribution in [0.15, 0.2) is 18.2 Å². The van der Waals surface area contributed by atoms with Gasteiger partial charge in [0.05, 0.1) is 22.8 Å². The summed E-state index contributed by atoms with van der Waals surface area (Å²) in [6.07, 6.45) is 4.50. The molecule has 4 atom stereocenters. The van der Waals surface area contributed by atoms with Crippen LogP contribution in [0.4, 0.5) is 0 Å². The van der Waals surface area contributed by atoms with Crippen molar-refractivity contribution in [2.24, 2.45) is 10.8 Å². The van der Waals surface area contributed by atoms with Gasteiger partial charge in [-0.15, -0.1) is 10.2 Å². The fourth-order valence-corrected chi connectivity index (χ4v) is 8.19. The van der Waals surface area contributed by atoms with E-state index in [-0.39, 0.29) is 32.5 Å². The highest BCUT2D eigenvalue weighted by molar-refractivity contribution is 5.59. The Labute approximate surface area is 213 Å². The summed E-state index contributed by atoms with van der Waals surface area (Å²) in [6.45, 7) is 18.8. The first-order chi connectivity index (χ1) is 16.8. The fourth-order valence-electron chi connectivity index (χ4n) is 8.19. The third-order valence-corrected chi connectivity index (χ3v) is 12.4. The summed E-state index contributed by atoms with van der Waals surface area (Å²) in [7, 11) is 0. The summed E-state index contributed by atoms with van der Waals surface area (Å²) >= 11 is 0. The fraction of sp³-hybridized carbons (Fsp3) is 0.621. The van der Waals surface area contributed by atoms with E-state index in [2.05, 4.69) is 65.6 Å². The largest absolute Gasteiger partial charge is 0.241 e. The number of hydrogen-bond donors (Lipinski definition) is 0. The summed E-state index contributed by atoms with van der Waals surface area (Å²) in [6, 6.07) is 5.87. The molecule has 0 aromatic carbocycles. The molecule has 7 rings (SSSR count). The van der Waals surface area contributed by atoms with Gasteiger partial charge in [-0.2, -0.15) is 10.2 Å². The first-order valence-corrected chi connectivity index (χ1v) is 13.3. The van der Waals surface area contributed by atoms with Gasteiger partial charge in [0.25, 0.3) is 0 Å². The lowest BCUT2D eigenvalue weighted by atomic mass is 9.65. The van der Waals surface area contributed by atoms with Crippen molar-refractivity contribution in [2.75, 3.05) is 0 Å². The monoisotopic (exact) mass is 481 g/mol. The second-order valence-corrected chi connectivity index (χ2v) is 13.7. The number of nitrogens with zero attached hydrogens (tertiary/aromatic N) is 7. The van der Waals surface area contributed by atoms with E-state index in [0.29, 0.717) is 23.0 Å². The normalized spacial score (nSPS) is 36.2. The van der Waals surface area contributed by atoms with Gasteiger partial charge in [0.2, 0.25) is 11.6 Å². The zero-order valence-electron chi connectivity index (χ0n) is 22.7. The molecular weight excluding hydrogens is 446 g/mol. The van der Waals surface area contributed by atoms with E-state index in [9.17, 15) is 0 Å². The minimum atomic E-state index is -0.00985. The highest BCUT2D eigenvalue weighted by Gasteiger charge is 2.69. The lowest BCUT2D eigenvalue weighted by molar-refractivity contribution is 0.168. The van der Waals surface area contributed by atoms with Crippen LogP contribution >= 0.6 is 0 Å². The Morgan fingerprint density at radius 1 is 0.472 bits per heavy atom. The van der Waals surface area contributed by atoms with Crippen molar-refractivity contribution >= 4 is 0 Å². The van der Waals surface area contributed by atoms with E-state index >= 15 is 0 Å². The molecule has 0 N–H and O–H groups in total. The van der Waals surface area contributed by atoms with Crippen molar-refractivity contribution in [3.8, 4) is 23.0 Å². The molecule has 4 aliphatic rings. The van der Waals surface area contributed by atoms with Gasteiger partial charge in [-0.25, -0.2) is 15.0 Å². The number of rotatable bonds is 2. The van der Waals surface area contributed by atoms with Gasteiger partial charge in [-0.1, -0.05) is 61.5 Å². The molecule has 4 bridgehead atoms. The van der Waals surface area contributed by atoms with E-state index in [4.69, 9.17) is 25.1 Å². The lowest BCUT2D eigenvalue weighted by Crippen LogP contribution is -2.38. The van der Waals surface area contributed by atoms with Crippen LogP contribution in [0.25, 0.3) is 23.0 Å². The van der Waals surface area contributed by atoms with Crippen LogP contribution in [-0.2, 0) is 21.7 Å². The van der Waals surface area contributed by atoms with Gasteiger partial charge in [-0.05, 0) is 48.6 Å². The molecule has 0 saturated heterocycles. The maximum absolute atomic E-state index is 5.09. The average molecular weight is 482 g/mol. The molecule has 2 saturated carbocycles. The molecule has 7 heteroatoms. The molecule has 3 heterocycles. The van der Waals surface area contributed by atoms with Crippen LogP contribution in [0.1, 0.15) is 104 Å². The molecule has 7 nitrogen and oxygen atoms in total. The van der Waals surface area contributed by atoms with Crippen molar-refractivity contribution in [1.82, 2.24) is 35.3 Å². The van der Waals surface area contributed by atoms with Crippen molar-refractivity contribution in [3.05, 3.63) is 41.0 Å². The number of aromatic nitrogens is 7. The van der Waals surface area contributed by atoms with Crippen LogP contribution in [0, 0.1) is 10.8 Å². The molecule has 36 heavy (non-hydrogen) atoms. The predicted octanol–water partition coefficient (Wildman–Crippen LogP) is 5.48. The smallest absolute Gasteiger partial charge is 0.200 e. The third kappa shape index (κ3) is 2.14. The van der Waals surface area contributed by atoms with Crippen molar-refractivity contribution in [1.29, 1.82) is 0 Å². The lowest BCUT2D eigenvalue weighted by Gasteiger charge is -2.38. The Morgan fingerprint density at radius 3 is 1.22 bits per heavy atom. The zero-order chi connectivity index (χ0) is 25.5. The van der Waals surface area contributed by atoms with Crippen LogP contribution in [0.3, 0.4) is 0 Å². The standard InChI is InChI=1S/C29H35N7/c1-24(2)26(5)12-14-28(24,7)20-18(26)31-22(35-33-20)16-10-9-11-17(30-16)23-32-19-21(34-36-23)29(8)15-13-27(19,6)25(29,3)4/h9-11H,12-15H2,1-8H3. The molecule has 0 spiro atoms. The topological polar surface area (TPSA) is 90.2 Å². The highest BCUT2D eigenvalue weighted by Crippen LogP contribution is 2.70. The SMILES string of the molecule is CC12CCC(C)(c3nc(-c4cccc(-c5nnc6c(n5)C5(C)CCC6(C)C5(C)C)n4)nnc31)C2(C)C. The number of hydrogen-bond acceptors (Lipinski definition) is 7. The molecule has 4 aliphatic carbocycles. The summed E-state index contributed by atoms with van der Waals surface area (Å²) in [5.74, 6) is 1.13. The Balaban J connectivity index is 1.31. The molecule has 0 aliphatic heterocycles. The summed E-state index contributed by atoms with van der Waals surface area (Å²) in [5.41, 5.74) is 5.86. The third-order valence-electron chi connectivity index (χ3n) is 12.4. The molecule has 3 aromatic rings. The van der Waals surface area contributed by atoms with E-state index in [1.54, 1.807) is 0 Å². The van der Waals surface area contributed by atoms with Gasteiger partial charge in [0.1, 0.15) is 11.4 Å². The second-order valence-electron chi connectivity index (χ2n) is 13.7.